The van der Waals surface area contributed by atoms with Gasteiger partial charge < -0.3 is 10.6 Å². The predicted octanol–water partition coefficient (Wildman–Crippen LogP) is 1.38. The normalized spacial score (nSPS) is 22.9. The van der Waals surface area contributed by atoms with Crippen LogP contribution in [0.3, 0.4) is 0 Å². The fourth-order valence-electron chi connectivity index (χ4n) is 2.21. The van der Waals surface area contributed by atoms with Gasteiger partial charge in [-0.15, -0.1) is 11.3 Å². The van der Waals surface area contributed by atoms with E-state index < -0.39 is 0 Å². The summed E-state index contributed by atoms with van der Waals surface area (Å²) < 4.78 is 0. The van der Waals surface area contributed by atoms with Crippen LogP contribution in [-0.2, 0) is 4.79 Å². The molecule has 0 aromatic carbocycles. The van der Waals surface area contributed by atoms with Crippen LogP contribution in [0.25, 0.3) is 0 Å². The average molecular weight is 239 g/mol. The van der Waals surface area contributed by atoms with Crippen LogP contribution < -0.4 is 5.73 Å². The highest BCUT2D eigenvalue weighted by molar-refractivity contribution is 7.11. The van der Waals surface area contributed by atoms with Gasteiger partial charge in [0, 0.05) is 23.9 Å². The Hall–Kier alpha value is -0.940. The Morgan fingerprint density at radius 2 is 2.25 bits per heavy atom. The third-order valence-corrected chi connectivity index (χ3v) is 4.22. The van der Waals surface area contributed by atoms with Crippen molar-refractivity contribution < 1.29 is 4.79 Å². The molecule has 2 heterocycles. The molecular weight excluding hydrogens is 222 g/mol. The summed E-state index contributed by atoms with van der Waals surface area (Å²) in [6.45, 7) is 6.70. The molecule has 2 N–H and O–H groups in total. The molecule has 1 saturated heterocycles. The van der Waals surface area contributed by atoms with E-state index in [1.54, 1.807) is 11.3 Å². The zero-order valence-electron chi connectivity index (χ0n) is 9.86. The number of nitrogens with zero attached hydrogens (tertiary/aromatic N) is 2. The van der Waals surface area contributed by atoms with Gasteiger partial charge in [-0.05, 0) is 20.8 Å². The first kappa shape index (κ1) is 11.5. The van der Waals surface area contributed by atoms with Gasteiger partial charge in [0.05, 0.1) is 16.7 Å². The topological polar surface area (TPSA) is 59.2 Å². The molecule has 0 saturated carbocycles. The van der Waals surface area contributed by atoms with Crippen LogP contribution >= 0.6 is 11.3 Å². The first-order valence-corrected chi connectivity index (χ1v) is 6.29. The molecule has 0 bridgehead atoms. The Morgan fingerprint density at radius 1 is 1.56 bits per heavy atom. The molecule has 1 aromatic rings. The molecule has 1 amide bonds. The van der Waals surface area contributed by atoms with Gasteiger partial charge in [0.15, 0.2) is 0 Å². The third-order valence-electron chi connectivity index (χ3n) is 2.97. The monoisotopic (exact) mass is 239 g/mol. The van der Waals surface area contributed by atoms with E-state index >= 15 is 0 Å². The molecule has 0 spiro atoms. The van der Waals surface area contributed by atoms with Crippen molar-refractivity contribution in [2.24, 2.45) is 5.73 Å². The lowest BCUT2D eigenvalue weighted by atomic mass is 10.2. The molecule has 5 heteroatoms. The summed E-state index contributed by atoms with van der Waals surface area (Å²) in [4.78, 5) is 19.2. The largest absolute Gasteiger partial charge is 0.333 e. The quantitative estimate of drug-likeness (QED) is 0.848. The number of aryl methyl sites for hydroxylation is 2. The molecule has 2 unspecified atom stereocenters. The molecule has 0 aliphatic carbocycles. The number of amides is 1. The number of nitrogens with two attached hydrogens (primary N) is 1. The van der Waals surface area contributed by atoms with Crippen molar-refractivity contribution >= 4 is 17.2 Å². The molecule has 4 nitrogen and oxygen atoms in total. The summed E-state index contributed by atoms with van der Waals surface area (Å²) in [5, 5.41) is 1.05. The minimum atomic E-state index is -0.00993. The number of likely N-dealkylation sites (tertiary alicyclic amines) is 1. The van der Waals surface area contributed by atoms with Crippen molar-refractivity contribution in [3.05, 3.63) is 15.6 Å². The van der Waals surface area contributed by atoms with Gasteiger partial charge in [0.2, 0.25) is 5.91 Å². The average Bonchev–Trinajstić information content (AvgIpc) is 2.68. The Labute approximate surface area is 99.5 Å². The SMILES string of the molecule is Cc1nc(C)c(C(C)N2CC(N)CC2=O)s1. The van der Waals surface area contributed by atoms with E-state index in [4.69, 9.17) is 5.73 Å². The highest BCUT2D eigenvalue weighted by Gasteiger charge is 2.32. The maximum atomic E-state index is 11.7. The maximum Gasteiger partial charge on any atom is 0.224 e. The minimum absolute atomic E-state index is 0.00993. The van der Waals surface area contributed by atoms with Crippen LogP contribution in [0.1, 0.15) is 35.0 Å². The van der Waals surface area contributed by atoms with E-state index in [9.17, 15) is 4.79 Å². The molecule has 1 aliphatic rings. The van der Waals surface area contributed by atoms with Crippen molar-refractivity contribution in [2.45, 2.75) is 39.3 Å². The molecule has 1 fully saturated rings. The number of carbonyl (C=O) groups excluding carboxylic acids is 1. The highest BCUT2D eigenvalue weighted by atomic mass is 32.1. The molecule has 88 valence electrons. The second-order valence-electron chi connectivity index (χ2n) is 4.37. The lowest BCUT2D eigenvalue weighted by molar-refractivity contribution is -0.129. The summed E-state index contributed by atoms with van der Waals surface area (Å²) in [5.74, 6) is 0.158. The van der Waals surface area contributed by atoms with Gasteiger partial charge in [-0.1, -0.05) is 0 Å². The number of hydrogen-bond acceptors (Lipinski definition) is 4. The van der Waals surface area contributed by atoms with Crippen LogP contribution in [0.15, 0.2) is 0 Å². The second-order valence-corrected chi connectivity index (χ2v) is 5.60. The van der Waals surface area contributed by atoms with Crippen LogP contribution in [0, 0.1) is 13.8 Å². The molecular formula is C11H17N3OS. The van der Waals surface area contributed by atoms with E-state index in [2.05, 4.69) is 11.9 Å². The third kappa shape index (κ3) is 1.97. The van der Waals surface area contributed by atoms with E-state index in [-0.39, 0.29) is 18.0 Å². The van der Waals surface area contributed by atoms with Crippen molar-refractivity contribution in [3.8, 4) is 0 Å². The van der Waals surface area contributed by atoms with Crippen LogP contribution in [0.5, 0.6) is 0 Å². The molecule has 0 radical (unpaired) electrons. The standard InChI is InChI=1S/C11H17N3OS/c1-6-11(16-8(3)13-6)7(2)14-5-9(12)4-10(14)15/h7,9H,4-5,12H2,1-3H3. The number of aromatic nitrogens is 1. The number of hydrogen-bond donors (Lipinski definition) is 1. The molecule has 2 atom stereocenters. The first-order valence-electron chi connectivity index (χ1n) is 5.48. The lowest BCUT2D eigenvalue weighted by Crippen LogP contribution is -2.30. The smallest absolute Gasteiger partial charge is 0.224 e. The van der Waals surface area contributed by atoms with E-state index in [1.165, 1.54) is 4.88 Å². The fourth-order valence-corrected chi connectivity index (χ4v) is 3.20. The van der Waals surface area contributed by atoms with E-state index in [0.717, 1.165) is 10.7 Å². The van der Waals surface area contributed by atoms with E-state index in [0.29, 0.717) is 13.0 Å². The van der Waals surface area contributed by atoms with Gasteiger partial charge >= 0.3 is 0 Å². The number of rotatable bonds is 2. The summed E-state index contributed by atoms with van der Waals surface area (Å²) >= 11 is 1.67. The predicted molar refractivity (Wildman–Crippen MR) is 64.3 cm³/mol. The van der Waals surface area contributed by atoms with Gasteiger partial charge in [0.1, 0.15) is 0 Å². The Morgan fingerprint density at radius 3 is 2.69 bits per heavy atom. The Balaban J connectivity index is 2.22. The number of carbonyl (C=O) groups is 1. The van der Waals surface area contributed by atoms with Crippen LogP contribution in [0.4, 0.5) is 0 Å². The summed E-state index contributed by atoms with van der Waals surface area (Å²) in [7, 11) is 0. The van der Waals surface area contributed by atoms with Crippen LogP contribution in [0.2, 0.25) is 0 Å². The molecule has 1 aromatic heterocycles. The second kappa shape index (κ2) is 4.14. The van der Waals surface area contributed by atoms with Crippen molar-refractivity contribution in [3.63, 3.8) is 0 Å². The fraction of sp³-hybridized carbons (Fsp3) is 0.636. The molecule has 16 heavy (non-hydrogen) atoms. The highest BCUT2D eigenvalue weighted by Crippen LogP contribution is 2.31. The first-order chi connectivity index (χ1) is 7.49. The van der Waals surface area contributed by atoms with E-state index in [1.807, 2.05) is 18.7 Å². The minimum Gasteiger partial charge on any atom is -0.333 e. The van der Waals surface area contributed by atoms with Gasteiger partial charge in [-0.2, -0.15) is 0 Å². The maximum absolute atomic E-state index is 11.7. The zero-order chi connectivity index (χ0) is 11.9. The van der Waals surface area contributed by atoms with Crippen LogP contribution in [-0.4, -0.2) is 28.4 Å². The van der Waals surface area contributed by atoms with Crippen molar-refractivity contribution in [1.82, 2.24) is 9.88 Å². The summed E-state index contributed by atoms with van der Waals surface area (Å²) in [6, 6.07) is 0.0940. The Kier molecular flexibility index (Phi) is 2.99. The van der Waals surface area contributed by atoms with Crippen molar-refractivity contribution in [1.29, 1.82) is 0 Å². The summed E-state index contributed by atoms with van der Waals surface area (Å²) in [5.41, 5.74) is 6.83. The number of thiazole rings is 1. The van der Waals surface area contributed by atoms with Gasteiger partial charge in [-0.25, -0.2) is 4.98 Å². The molecule has 1 aliphatic heterocycles. The summed E-state index contributed by atoms with van der Waals surface area (Å²) in [6.07, 6.45) is 0.473. The van der Waals surface area contributed by atoms with Gasteiger partial charge in [-0.3, -0.25) is 4.79 Å². The lowest BCUT2D eigenvalue weighted by Gasteiger charge is -2.23. The van der Waals surface area contributed by atoms with Gasteiger partial charge in [0.25, 0.3) is 0 Å². The van der Waals surface area contributed by atoms with Crippen molar-refractivity contribution in [2.75, 3.05) is 6.54 Å². The Bertz CT molecular complexity index is 415. The zero-order valence-corrected chi connectivity index (χ0v) is 10.7. The molecule has 2 rings (SSSR count).